The Balaban J connectivity index is 1.52. The molecule has 2 aromatic rings. The summed E-state index contributed by atoms with van der Waals surface area (Å²) in [4.78, 5) is 44.3. The van der Waals surface area contributed by atoms with Crippen molar-refractivity contribution in [2.24, 2.45) is 0 Å². The zero-order chi connectivity index (χ0) is 26.2. The highest BCUT2D eigenvalue weighted by molar-refractivity contribution is 5.99. The van der Waals surface area contributed by atoms with Gasteiger partial charge in [0, 0.05) is 56.9 Å². The molecule has 0 atom stereocenters. The lowest BCUT2D eigenvalue weighted by Gasteiger charge is -2.27. The second-order valence-electron chi connectivity index (χ2n) is 9.11. The van der Waals surface area contributed by atoms with E-state index in [4.69, 9.17) is 9.47 Å². The lowest BCUT2D eigenvalue weighted by Crippen LogP contribution is -2.35. The number of methoxy groups -OCH3 is 2. The maximum atomic E-state index is 13.2. The molecule has 0 saturated carbocycles. The predicted molar refractivity (Wildman–Crippen MR) is 142 cm³/mol. The Morgan fingerprint density at radius 2 is 1.57 bits per heavy atom. The van der Waals surface area contributed by atoms with Gasteiger partial charge in [-0.3, -0.25) is 14.9 Å². The van der Waals surface area contributed by atoms with Crippen LogP contribution in [0.15, 0.2) is 42.5 Å². The number of anilines is 2. The minimum absolute atomic E-state index is 0.0402. The van der Waals surface area contributed by atoms with Crippen molar-refractivity contribution in [2.45, 2.75) is 12.8 Å². The van der Waals surface area contributed by atoms with Gasteiger partial charge in [-0.15, -0.1) is 0 Å². The largest absolute Gasteiger partial charge is 0.497 e. The Hall–Kier alpha value is -3.79. The molecule has 0 aliphatic carbocycles. The molecule has 0 aromatic heterocycles. The fourth-order valence-corrected chi connectivity index (χ4v) is 4.74. The summed E-state index contributed by atoms with van der Waals surface area (Å²) in [5.74, 6) is 0.544. The predicted octanol–water partition coefficient (Wildman–Crippen LogP) is 2.66. The van der Waals surface area contributed by atoms with Crippen LogP contribution < -0.4 is 20.3 Å². The summed E-state index contributed by atoms with van der Waals surface area (Å²) in [5, 5.41) is 6.09. The van der Waals surface area contributed by atoms with Gasteiger partial charge in [-0.05, 0) is 55.8 Å². The molecule has 0 bridgehead atoms. The van der Waals surface area contributed by atoms with Gasteiger partial charge in [0.2, 0.25) is 0 Å². The van der Waals surface area contributed by atoms with Crippen molar-refractivity contribution in [3.63, 3.8) is 0 Å². The van der Waals surface area contributed by atoms with Crippen LogP contribution in [0.4, 0.5) is 16.2 Å². The van der Waals surface area contributed by atoms with E-state index in [0.717, 1.165) is 31.6 Å². The van der Waals surface area contributed by atoms with E-state index in [-0.39, 0.29) is 11.8 Å². The second-order valence-corrected chi connectivity index (χ2v) is 9.11. The Kier molecular flexibility index (Phi) is 8.84. The number of nitrogens with one attached hydrogen (secondary N) is 2. The van der Waals surface area contributed by atoms with Crippen molar-refractivity contribution in [3.8, 4) is 5.75 Å². The molecule has 4 rings (SSSR count). The number of carbonyl (C=O) groups excluding carboxylic acids is 3. The fraction of sp³-hybridized carbons (Fsp3) is 0.444. The number of ether oxygens (including phenoxy) is 2. The maximum Gasteiger partial charge on any atom is 0.411 e. The molecule has 10 heteroatoms. The topological polar surface area (TPSA) is 103 Å². The molecule has 2 saturated heterocycles. The van der Waals surface area contributed by atoms with Crippen LogP contribution in [0.5, 0.6) is 5.75 Å². The first-order chi connectivity index (χ1) is 18.0. The van der Waals surface area contributed by atoms with Crippen LogP contribution >= 0.6 is 0 Å². The number of benzene rings is 2. The van der Waals surface area contributed by atoms with Crippen LogP contribution in [0, 0.1) is 0 Å². The Morgan fingerprint density at radius 1 is 0.811 bits per heavy atom. The molecule has 0 spiro atoms. The van der Waals surface area contributed by atoms with Crippen molar-refractivity contribution in [1.82, 2.24) is 15.1 Å². The van der Waals surface area contributed by atoms with E-state index in [1.807, 2.05) is 34.1 Å². The molecule has 2 aliphatic rings. The molecule has 10 nitrogen and oxygen atoms in total. The standard InChI is InChI=1S/C27H35N5O5/c1-36-22-7-3-6-20(18-22)25(33)32-14-5-13-30(16-17-32)24-9-8-21(19-23(24)29-27(35)37-2)26(34)31-12-4-10-28-11-15-31/h3,6-9,18-19,28H,4-5,10-17H2,1-2H3,(H,29,35). The van der Waals surface area contributed by atoms with Crippen molar-refractivity contribution in [1.29, 1.82) is 0 Å². The third-order valence-corrected chi connectivity index (χ3v) is 6.73. The summed E-state index contributed by atoms with van der Waals surface area (Å²) in [6.07, 6.45) is 1.06. The van der Waals surface area contributed by atoms with Gasteiger partial charge in [0.15, 0.2) is 0 Å². The zero-order valence-corrected chi connectivity index (χ0v) is 21.5. The minimum Gasteiger partial charge on any atom is -0.497 e. The molecule has 2 N–H and O–H groups in total. The van der Waals surface area contributed by atoms with Crippen molar-refractivity contribution in [2.75, 3.05) is 76.8 Å². The van der Waals surface area contributed by atoms with Gasteiger partial charge >= 0.3 is 6.09 Å². The van der Waals surface area contributed by atoms with Crippen LogP contribution in [0.2, 0.25) is 0 Å². The minimum atomic E-state index is -0.602. The molecule has 2 aliphatic heterocycles. The first-order valence-corrected chi connectivity index (χ1v) is 12.7. The van der Waals surface area contributed by atoms with E-state index >= 15 is 0 Å². The zero-order valence-electron chi connectivity index (χ0n) is 21.5. The van der Waals surface area contributed by atoms with E-state index in [0.29, 0.717) is 61.8 Å². The second kappa shape index (κ2) is 12.4. The molecule has 37 heavy (non-hydrogen) atoms. The van der Waals surface area contributed by atoms with Gasteiger partial charge in [-0.2, -0.15) is 0 Å². The Bertz CT molecular complexity index is 1120. The monoisotopic (exact) mass is 509 g/mol. The van der Waals surface area contributed by atoms with Crippen molar-refractivity contribution >= 4 is 29.3 Å². The summed E-state index contributed by atoms with van der Waals surface area (Å²) in [6.45, 7) is 5.40. The molecule has 0 unspecified atom stereocenters. The highest BCUT2D eigenvalue weighted by atomic mass is 16.5. The molecule has 2 heterocycles. The number of amides is 3. The van der Waals surface area contributed by atoms with Gasteiger partial charge in [-0.1, -0.05) is 6.07 Å². The lowest BCUT2D eigenvalue weighted by molar-refractivity contribution is 0.0759. The lowest BCUT2D eigenvalue weighted by atomic mass is 10.1. The SMILES string of the molecule is COC(=O)Nc1cc(C(=O)N2CCCNCC2)ccc1N1CCCN(C(=O)c2cccc(OC)c2)CC1. The smallest absolute Gasteiger partial charge is 0.411 e. The quantitative estimate of drug-likeness (QED) is 0.639. The summed E-state index contributed by atoms with van der Waals surface area (Å²) >= 11 is 0. The third-order valence-electron chi connectivity index (χ3n) is 6.73. The Labute approximate surface area is 217 Å². The van der Waals surface area contributed by atoms with Crippen molar-refractivity contribution in [3.05, 3.63) is 53.6 Å². The molecule has 2 aromatic carbocycles. The molecule has 198 valence electrons. The van der Waals surface area contributed by atoms with Gasteiger partial charge in [0.05, 0.1) is 25.6 Å². The van der Waals surface area contributed by atoms with Crippen LogP contribution in [0.25, 0.3) is 0 Å². The van der Waals surface area contributed by atoms with E-state index < -0.39 is 6.09 Å². The van der Waals surface area contributed by atoms with Gasteiger partial charge in [0.1, 0.15) is 5.75 Å². The molecular formula is C27H35N5O5. The third kappa shape index (κ3) is 6.51. The van der Waals surface area contributed by atoms with Crippen LogP contribution in [-0.4, -0.2) is 94.3 Å². The molecule has 3 amide bonds. The average Bonchev–Trinajstić information content (AvgIpc) is 3.36. The number of nitrogens with zero attached hydrogens (tertiary/aromatic N) is 3. The van der Waals surface area contributed by atoms with Gasteiger partial charge in [-0.25, -0.2) is 4.79 Å². The first-order valence-electron chi connectivity index (χ1n) is 12.7. The number of hydrogen-bond acceptors (Lipinski definition) is 7. The summed E-state index contributed by atoms with van der Waals surface area (Å²) in [6, 6.07) is 12.6. The van der Waals surface area contributed by atoms with E-state index in [9.17, 15) is 14.4 Å². The van der Waals surface area contributed by atoms with E-state index in [2.05, 4.69) is 15.5 Å². The maximum absolute atomic E-state index is 13.2. The Morgan fingerprint density at radius 3 is 2.35 bits per heavy atom. The molecular weight excluding hydrogens is 474 g/mol. The van der Waals surface area contributed by atoms with Crippen molar-refractivity contribution < 1.29 is 23.9 Å². The normalized spacial score (nSPS) is 16.4. The summed E-state index contributed by atoms with van der Waals surface area (Å²) in [7, 11) is 2.89. The molecule has 0 radical (unpaired) electrons. The van der Waals surface area contributed by atoms with Crippen LogP contribution in [-0.2, 0) is 4.74 Å². The van der Waals surface area contributed by atoms with Gasteiger partial charge < -0.3 is 29.5 Å². The number of rotatable bonds is 5. The highest BCUT2D eigenvalue weighted by Gasteiger charge is 2.24. The van der Waals surface area contributed by atoms with Crippen LogP contribution in [0.1, 0.15) is 33.6 Å². The summed E-state index contributed by atoms with van der Waals surface area (Å²) in [5.41, 5.74) is 2.41. The van der Waals surface area contributed by atoms with Crippen LogP contribution in [0.3, 0.4) is 0 Å². The first kappa shape index (κ1) is 26.3. The van der Waals surface area contributed by atoms with Gasteiger partial charge in [0.25, 0.3) is 11.8 Å². The summed E-state index contributed by atoms with van der Waals surface area (Å²) < 4.78 is 10.1. The van der Waals surface area contributed by atoms with E-state index in [1.165, 1.54) is 7.11 Å². The molecule has 2 fully saturated rings. The number of hydrogen-bond donors (Lipinski definition) is 2. The van der Waals surface area contributed by atoms with E-state index in [1.54, 1.807) is 25.3 Å². The average molecular weight is 510 g/mol. The fourth-order valence-electron chi connectivity index (χ4n) is 4.74. The number of carbonyl (C=O) groups is 3. The highest BCUT2D eigenvalue weighted by Crippen LogP contribution is 2.29.